The molecule has 0 aliphatic heterocycles. The summed E-state index contributed by atoms with van der Waals surface area (Å²) < 4.78 is 0. The maximum absolute atomic E-state index is 12.4. The fraction of sp³-hybridized carbons (Fsp3) is 0.200. The van der Waals surface area contributed by atoms with E-state index in [1.165, 1.54) is 5.56 Å². The summed E-state index contributed by atoms with van der Waals surface area (Å²) in [5, 5.41) is 0. The van der Waals surface area contributed by atoms with Gasteiger partial charge in [0.05, 0.1) is 11.9 Å². The molecule has 0 spiro atoms. The number of carbonyl (C=O) groups is 1. The molecule has 3 heteroatoms. The van der Waals surface area contributed by atoms with Crippen molar-refractivity contribution < 1.29 is 4.79 Å². The zero-order valence-electron chi connectivity index (χ0n) is 10.2. The summed E-state index contributed by atoms with van der Waals surface area (Å²) in [4.78, 5) is 16.7. The lowest BCUT2D eigenvalue weighted by atomic mass is 9.99. The molecule has 0 fully saturated rings. The molecule has 0 atom stereocenters. The van der Waals surface area contributed by atoms with E-state index in [1.54, 1.807) is 6.20 Å². The Hall–Kier alpha value is -2.16. The third-order valence-corrected chi connectivity index (χ3v) is 3.37. The molecule has 1 aromatic carbocycles. The monoisotopic (exact) mass is 238 g/mol. The van der Waals surface area contributed by atoms with Gasteiger partial charge in [-0.3, -0.25) is 9.78 Å². The molecule has 2 aromatic rings. The van der Waals surface area contributed by atoms with Gasteiger partial charge in [0, 0.05) is 5.56 Å². The fourth-order valence-corrected chi connectivity index (χ4v) is 2.47. The van der Waals surface area contributed by atoms with Crippen LogP contribution in [0.1, 0.15) is 32.7 Å². The predicted octanol–water partition coefficient (Wildman–Crippen LogP) is 2.30. The second-order valence-corrected chi connectivity index (χ2v) is 4.77. The van der Waals surface area contributed by atoms with Crippen LogP contribution in [0.15, 0.2) is 30.5 Å². The van der Waals surface area contributed by atoms with Crippen LogP contribution >= 0.6 is 0 Å². The summed E-state index contributed by atoms with van der Waals surface area (Å²) in [7, 11) is 0. The molecule has 0 bridgehead atoms. The average molecular weight is 238 g/mol. The van der Waals surface area contributed by atoms with Gasteiger partial charge in [-0.05, 0) is 37.0 Å². The predicted molar refractivity (Wildman–Crippen MR) is 70.7 cm³/mol. The highest BCUT2D eigenvalue weighted by Gasteiger charge is 2.22. The number of aromatic nitrogens is 1. The fourth-order valence-electron chi connectivity index (χ4n) is 2.47. The number of anilines is 1. The van der Waals surface area contributed by atoms with Gasteiger partial charge in [0.25, 0.3) is 0 Å². The molecule has 3 rings (SSSR count). The topological polar surface area (TPSA) is 56.0 Å². The van der Waals surface area contributed by atoms with Crippen LogP contribution in [0.25, 0.3) is 0 Å². The minimum Gasteiger partial charge on any atom is -0.397 e. The van der Waals surface area contributed by atoms with Crippen molar-refractivity contribution in [2.45, 2.75) is 19.8 Å². The maximum Gasteiger partial charge on any atom is 0.211 e. The second-order valence-electron chi connectivity index (χ2n) is 4.77. The molecule has 18 heavy (non-hydrogen) atoms. The number of aryl methyl sites for hydroxylation is 3. The molecule has 1 aromatic heterocycles. The lowest BCUT2D eigenvalue weighted by molar-refractivity contribution is 0.103. The number of fused-ring (bicyclic) bond motifs is 2. The second kappa shape index (κ2) is 3.95. The minimum atomic E-state index is 0.0116. The van der Waals surface area contributed by atoms with Gasteiger partial charge < -0.3 is 5.73 Å². The average Bonchev–Trinajstić information content (AvgIpc) is 2.47. The van der Waals surface area contributed by atoms with Crippen LogP contribution in [-0.4, -0.2) is 10.8 Å². The standard InChI is InChI=1S/C15H14N2O/c1-9-2-5-13-10(6-9)3-4-11-7-12(16)8-17-14(11)15(13)18/h2,5-8H,3-4,16H2,1H3. The van der Waals surface area contributed by atoms with Gasteiger partial charge in [0.2, 0.25) is 5.78 Å². The smallest absolute Gasteiger partial charge is 0.211 e. The first-order valence-corrected chi connectivity index (χ1v) is 6.04. The van der Waals surface area contributed by atoms with E-state index in [1.807, 2.05) is 25.1 Å². The van der Waals surface area contributed by atoms with Crippen LogP contribution in [0.4, 0.5) is 5.69 Å². The number of rotatable bonds is 0. The van der Waals surface area contributed by atoms with E-state index < -0.39 is 0 Å². The van der Waals surface area contributed by atoms with Crippen molar-refractivity contribution in [1.29, 1.82) is 0 Å². The Balaban J connectivity index is 2.18. The molecule has 2 N–H and O–H groups in total. The quantitative estimate of drug-likeness (QED) is 0.766. The molecule has 90 valence electrons. The molecule has 0 amide bonds. The minimum absolute atomic E-state index is 0.0116. The molecule has 3 nitrogen and oxygen atoms in total. The number of nitrogens with two attached hydrogens (primary N) is 1. The zero-order chi connectivity index (χ0) is 12.7. The van der Waals surface area contributed by atoms with Crippen LogP contribution < -0.4 is 5.73 Å². The van der Waals surface area contributed by atoms with Gasteiger partial charge in [-0.2, -0.15) is 0 Å². The first kappa shape index (κ1) is 11.0. The molecule has 0 saturated heterocycles. The van der Waals surface area contributed by atoms with Gasteiger partial charge in [0.15, 0.2) is 0 Å². The van der Waals surface area contributed by atoms with Crippen molar-refractivity contribution in [2.24, 2.45) is 0 Å². The van der Waals surface area contributed by atoms with Gasteiger partial charge in [-0.15, -0.1) is 0 Å². The Labute approximate surface area is 106 Å². The first-order chi connectivity index (χ1) is 8.65. The lowest BCUT2D eigenvalue weighted by Crippen LogP contribution is -2.07. The number of pyridine rings is 1. The maximum atomic E-state index is 12.4. The summed E-state index contributed by atoms with van der Waals surface area (Å²) in [6.45, 7) is 2.04. The summed E-state index contributed by atoms with van der Waals surface area (Å²) in [5.41, 5.74) is 10.9. The Morgan fingerprint density at radius 1 is 1.17 bits per heavy atom. The van der Waals surface area contributed by atoms with E-state index in [2.05, 4.69) is 11.1 Å². The highest BCUT2D eigenvalue weighted by atomic mass is 16.1. The third kappa shape index (κ3) is 1.68. The van der Waals surface area contributed by atoms with Gasteiger partial charge in [-0.1, -0.05) is 23.8 Å². The van der Waals surface area contributed by atoms with E-state index in [0.717, 1.165) is 29.5 Å². The number of nitrogen functional groups attached to an aromatic ring is 1. The lowest BCUT2D eigenvalue weighted by Gasteiger charge is -2.05. The van der Waals surface area contributed by atoms with Crippen LogP contribution in [-0.2, 0) is 12.8 Å². The van der Waals surface area contributed by atoms with Crippen LogP contribution in [0.2, 0.25) is 0 Å². The Morgan fingerprint density at radius 3 is 2.78 bits per heavy atom. The third-order valence-electron chi connectivity index (χ3n) is 3.37. The normalized spacial score (nSPS) is 13.7. The Morgan fingerprint density at radius 2 is 1.94 bits per heavy atom. The first-order valence-electron chi connectivity index (χ1n) is 6.04. The molecule has 1 heterocycles. The van der Waals surface area contributed by atoms with Crippen molar-refractivity contribution in [3.63, 3.8) is 0 Å². The molecule has 0 radical (unpaired) electrons. The van der Waals surface area contributed by atoms with E-state index >= 15 is 0 Å². The van der Waals surface area contributed by atoms with Crippen LogP contribution in [0, 0.1) is 6.92 Å². The Kier molecular flexibility index (Phi) is 2.40. The molecule has 1 aliphatic rings. The molecule has 0 unspecified atom stereocenters. The number of carbonyl (C=O) groups excluding carboxylic acids is 1. The van der Waals surface area contributed by atoms with E-state index in [9.17, 15) is 4.79 Å². The largest absolute Gasteiger partial charge is 0.397 e. The number of hydrogen-bond donors (Lipinski definition) is 1. The van der Waals surface area contributed by atoms with E-state index in [0.29, 0.717) is 11.4 Å². The number of nitrogens with zero attached hydrogens (tertiary/aromatic N) is 1. The zero-order valence-corrected chi connectivity index (χ0v) is 10.2. The number of benzene rings is 1. The van der Waals surface area contributed by atoms with Gasteiger partial charge in [-0.25, -0.2) is 0 Å². The molecule has 1 aliphatic carbocycles. The molecular weight excluding hydrogens is 224 g/mol. The molecular formula is C15H14N2O. The number of hydrogen-bond acceptors (Lipinski definition) is 3. The summed E-state index contributed by atoms with van der Waals surface area (Å²) in [5.74, 6) is 0.0116. The van der Waals surface area contributed by atoms with Crippen LogP contribution in [0.5, 0.6) is 0 Å². The van der Waals surface area contributed by atoms with E-state index in [-0.39, 0.29) is 5.78 Å². The van der Waals surface area contributed by atoms with Crippen molar-refractivity contribution in [3.8, 4) is 0 Å². The van der Waals surface area contributed by atoms with Crippen molar-refractivity contribution in [3.05, 3.63) is 58.4 Å². The van der Waals surface area contributed by atoms with Crippen LogP contribution in [0.3, 0.4) is 0 Å². The van der Waals surface area contributed by atoms with Gasteiger partial charge >= 0.3 is 0 Å². The number of ketones is 1. The SMILES string of the molecule is Cc1ccc2c(c1)CCc1cc(N)cnc1C2=O. The summed E-state index contributed by atoms with van der Waals surface area (Å²) >= 11 is 0. The highest BCUT2D eigenvalue weighted by molar-refractivity contribution is 6.10. The highest BCUT2D eigenvalue weighted by Crippen LogP contribution is 2.25. The van der Waals surface area contributed by atoms with E-state index in [4.69, 9.17) is 5.73 Å². The summed E-state index contributed by atoms with van der Waals surface area (Å²) in [6, 6.07) is 7.82. The van der Waals surface area contributed by atoms with Crippen molar-refractivity contribution >= 4 is 11.5 Å². The van der Waals surface area contributed by atoms with Crippen molar-refractivity contribution in [1.82, 2.24) is 4.98 Å². The van der Waals surface area contributed by atoms with Gasteiger partial charge in [0.1, 0.15) is 5.69 Å². The summed E-state index contributed by atoms with van der Waals surface area (Å²) in [6.07, 6.45) is 3.23. The van der Waals surface area contributed by atoms with Crippen molar-refractivity contribution in [2.75, 3.05) is 5.73 Å². The Bertz CT molecular complexity index is 591. The molecule has 0 saturated carbocycles.